The molecule has 0 aromatic heterocycles. The van der Waals surface area contributed by atoms with Crippen LogP contribution >= 0.6 is 0 Å². The fourth-order valence-corrected chi connectivity index (χ4v) is 5.14. The molecule has 0 saturated carbocycles. The van der Waals surface area contributed by atoms with Crippen molar-refractivity contribution in [3.63, 3.8) is 0 Å². The molecule has 3 heterocycles. The Bertz CT molecular complexity index is 777. The van der Waals surface area contributed by atoms with Gasteiger partial charge in [0.2, 0.25) is 11.8 Å². The van der Waals surface area contributed by atoms with Crippen LogP contribution in [0.15, 0.2) is 24.3 Å². The van der Waals surface area contributed by atoms with Gasteiger partial charge in [0, 0.05) is 19.3 Å². The summed E-state index contributed by atoms with van der Waals surface area (Å²) in [6, 6.07) is 7.11. The quantitative estimate of drug-likeness (QED) is 0.731. The molecule has 0 radical (unpaired) electrons. The van der Waals surface area contributed by atoms with Crippen molar-refractivity contribution < 1.29 is 14.4 Å². The maximum Gasteiger partial charge on any atom is 0.330 e. The number of fused-ring (bicyclic) bond motifs is 4. The predicted molar refractivity (Wildman–Crippen MR) is 93.0 cm³/mol. The number of hydrogen-bond acceptors (Lipinski definition) is 4. The molecule has 2 saturated heterocycles. The summed E-state index contributed by atoms with van der Waals surface area (Å²) in [7, 11) is 1.45. The van der Waals surface area contributed by atoms with E-state index in [2.05, 4.69) is 30.1 Å². The summed E-state index contributed by atoms with van der Waals surface area (Å²) in [4.78, 5) is 41.5. The number of anilines is 1. The predicted octanol–water partition coefficient (Wildman–Crippen LogP) is 1.79. The third-order valence-electron chi connectivity index (χ3n) is 6.05. The summed E-state index contributed by atoms with van der Waals surface area (Å²) < 4.78 is 0. The van der Waals surface area contributed by atoms with Crippen LogP contribution in [0.1, 0.15) is 25.8 Å². The average Bonchev–Trinajstić information content (AvgIpc) is 2.57. The van der Waals surface area contributed by atoms with Crippen LogP contribution in [0.3, 0.4) is 0 Å². The lowest BCUT2D eigenvalue weighted by Gasteiger charge is -2.56. The minimum absolute atomic E-state index is 0.174. The molecular formula is C19H23N3O3. The normalized spacial score (nSPS) is 34.7. The molecule has 1 N–H and O–H groups in total. The molecule has 0 aliphatic carbocycles. The van der Waals surface area contributed by atoms with E-state index in [1.165, 1.54) is 7.05 Å². The molecular weight excluding hydrogens is 318 g/mol. The first-order chi connectivity index (χ1) is 11.9. The van der Waals surface area contributed by atoms with Gasteiger partial charge in [0.05, 0.1) is 6.04 Å². The Labute approximate surface area is 147 Å². The van der Waals surface area contributed by atoms with Crippen molar-refractivity contribution >= 4 is 23.5 Å². The number of hydrogen-bond donors (Lipinski definition) is 1. The molecule has 4 atom stereocenters. The highest BCUT2D eigenvalue weighted by atomic mass is 16.2. The van der Waals surface area contributed by atoms with Crippen molar-refractivity contribution in [2.45, 2.75) is 32.7 Å². The van der Waals surface area contributed by atoms with Crippen molar-refractivity contribution in [2.75, 3.05) is 18.5 Å². The number of amides is 4. The van der Waals surface area contributed by atoms with E-state index in [0.717, 1.165) is 29.1 Å². The van der Waals surface area contributed by atoms with Gasteiger partial charge in [-0.2, -0.15) is 0 Å². The van der Waals surface area contributed by atoms with Gasteiger partial charge in [0.15, 0.2) is 5.41 Å². The summed E-state index contributed by atoms with van der Waals surface area (Å²) in [6.07, 6.45) is 1.30. The molecule has 6 heteroatoms. The van der Waals surface area contributed by atoms with Crippen LogP contribution in [0.4, 0.5) is 10.5 Å². The number of carbonyl (C=O) groups is 3. The molecule has 1 spiro atoms. The number of para-hydroxylation sites is 1. The molecule has 2 fully saturated rings. The number of benzene rings is 1. The molecule has 3 aliphatic heterocycles. The van der Waals surface area contributed by atoms with E-state index in [9.17, 15) is 14.4 Å². The van der Waals surface area contributed by atoms with Crippen molar-refractivity contribution in [3.8, 4) is 0 Å². The number of piperidine rings is 1. The van der Waals surface area contributed by atoms with Crippen LogP contribution in [-0.4, -0.2) is 42.4 Å². The van der Waals surface area contributed by atoms with Gasteiger partial charge in [-0.05, 0) is 36.3 Å². The Balaban J connectivity index is 1.92. The lowest BCUT2D eigenvalue weighted by atomic mass is 9.62. The fourth-order valence-electron chi connectivity index (χ4n) is 5.14. The number of barbiturate groups is 1. The SMILES string of the molecule is C[C@H]1C[C@H](C)[C@H]2N(C1)c1ccccc1C[C@@]21C(=O)NC(=O)N(C)C1=O. The maximum absolute atomic E-state index is 13.2. The summed E-state index contributed by atoms with van der Waals surface area (Å²) in [5.41, 5.74) is 0.860. The Kier molecular flexibility index (Phi) is 3.42. The van der Waals surface area contributed by atoms with E-state index in [0.29, 0.717) is 12.3 Å². The number of nitrogens with one attached hydrogen (secondary N) is 1. The van der Waals surface area contributed by atoms with Crippen molar-refractivity contribution in [2.24, 2.45) is 17.3 Å². The van der Waals surface area contributed by atoms with Gasteiger partial charge in [0.25, 0.3) is 0 Å². The van der Waals surface area contributed by atoms with Gasteiger partial charge in [-0.3, -0.25) is 19.8 Å². The van der Waals surface area contributed by atoms with Crippen LogP contribution in [0.2, 0.25) is 0 Å². The van der Waals surface area contributed by atoms with E-state index >= 15 is 0 Å². The Morgan fingerprint density at radius 1 is 1.16 bits per heavy atom. The zero-order chi connectivity index (χ0) is 17.9. The monoisotopic (exact) mass is 341 g/mol. The summed E-state index contributed by atoms with van der Waals surface area (Å²) in [6.45, 7) is 5.13. The van der Waals surface area contributed by atoms with E-state index in [1.54, 1.807) is 0 Å². The van der Waals surface area contributed by atoms with Crippen molar-refractivity contribution in [3.05, 3.63) is 29.8 Å². The Hall–Kier alpha value is -2.37. The fraction of sp³-hybridized carbons (Fsp3) is 0.526. The van der Waals surface area contributed by atoms with Crippen molar-refractivity contribution in [1.29, 1.82) is 0 Å². The third kappa shape index (κ3) is 2.06. The summed E-state index contributed by atoms with van der Waals surface area (Å²) in [5, 5.41) is 2.42. The minimum Gasteiger partial charge on any atom is -0.366 e. The second-order valence-corrected chi connectivity index (χ2v) is 7.82. The molecule has 0 bridgehead atoms. The van der Waals surface area contributed by atoms with E-state index in [1.807, 2.05) is 18.2 Å². The molecule has 1 aromatic carbocycles. The first-order valence-corrected chi connectivity index (χ1v) is 8.84. The second kappa shape index (κ2) is 5.31. The standard InChI is InChI=1S/C19H23N3O3/c1-11-8-12(2)15-19(16(23)20-18(25)21(3)17(19)24)9-13-6-4-5-7-14(13)22(15)10-11/h4-7,11-12,15H,8-10H2,1-3H3,(H,20,23,25)/t11-,12-,15+,19-/m0/s1. The molecule has 6 nitrogen and oxygen atoms in total. The highest BCUT2D eigenvalue weighted by Gasteiger charge is 2.63. The molecule has 132 valence electrons. The average molecular weight is 341 g/mol. The molecule has 3 aliphatic rings. The smallest absolute Gasteiger partial charge is 0.330 e. The van der Waals surface area contributed by atoms with E-state index < -0.39 is 17.4 Å². The van der Waals surface area contributed by atoms with Gasteiger partial charge in [-0.15, -0.1) is 0 Å². The zero-order valence-electron chi connectivity index (χ0n) is 14.8. The molecule has 25 heavy (non-hydrogen) atoms. The molecule has 1 aromatic rings. The largest absolute Gasteiger partial charge is 0.366 e. The van der Waals surface area contributed by atoms with E-state index in [-0.39, 0.29) is 17.9 Å². The van der Waals surface area contributed by atoms with Gasteiger partial charge in [-0.1, -0.05) is 32.0 Å². The highest BCUT2D eigenvalue weighted by Crippen LogP contribution is 2.49. The van der Waals surface area contributed by atoms with Crippen LogP contribution < -0.4 is 10.2 Å². The highest BCUT2D eigenvalue weighted by molar-refractivity contribution is 6.20. The second-order valence-electron chi connectivity index (χ2n) is 7.82. The van der Waals surface area contributed by atoms with Gasteiger partial charge < -0.3 is 4.90 Å². The van der Waals surface area contributed by atoms with Crippen LogP contribution in [0, 0.1) is 17.3 Å². The van der Waals surface area contributed by atoms with E-state index in [4.69, 9.17) is 0 Å². The van der Waals surface area contributed by atoms with Crippen molar-refractivity contribution in [1.82, 2.24) is 10.2 Å². The zero-order valence-corrected chi connectivity index (χ0v) is 14.8. The minimum atomic E-state index is -1.24. The first-order valence-electron chi connectivity index (χ1n) is 8.84. The Morgan fingerprint density at radius 3 is 2.64 bits per heavy atom. The van der Waals surface area contributed by atoms with Gasteiger partial charge in [-0.25, -0.2) is 4.79 Å². The van der Waals surface area contributed by atoms with Crippen LogP contribution in [-0.2, 0) is 16.0 Å². The van der Waals surface area contributed by atoms with Crippen LogP contribution in [0.5, 0.6) is 0 Å². The summed E-state index contributed by atoms with van der Waals surface area (Å²) in [5.74, 6) is -0.178. The molecule has 0 unspecified atom stereocenters. The number of imide groups is 2. The van der Waals surface area contributed by atoms with Gasteiger partial charge in [0.1, 0.15) is 0 Å². The summed E-state index contributed by atoms with van der Waals surface area (Å²) >= 11 is 0. The number of rotatable bonds is 0. The van der Waals surface area contributed by atoms with Crippen LogP contribution in [0.25, 0.3) is 0 Å². The lowest BCUT2D eigenvalue weighted by molar-refractivity contribution is -0.154. The Morgan fingerprint density at radius 2 is 1.88 bits per heavy atom. The number of urea groups is 1. The van der Waals surface area contributed by atoms with Gasteiger partial charge >= 0.3 is 6.03 Å². The third-order valence-corrected chi connectivity index (χ3v) is 6.05. The topological polar surface area (TPSA) is 69.7 Å². The number of carbonyl (C=O) groups excluding carboxylic acids is 3. The first kappa shape index (κ1) is 16.1. The number of nitrogens with zero attached hydrogens (tertiary/aromatic N) is 2. The molecule has 4 amide bonds. The lowest BCUT2D eigenvalue weighted by Crippen LogP contribution is -2.73. The molecule has 4 rings (SSSR count). The maximum atomic E-state index is 13.2.